The fourth-order valence-electron chi connectivity index (χ4n) is 3.80. The Labute approximate surface area is 199 Å². The summed E-state index contributed by atoms with van der Waals surface area (Å²) in [4.78, 5) is 24.1. The minimum atomic E-state index is -3.45. The highest BCUT2D eigenvalue weighted by molar-refractivity contribution is 7.54. The number of ether oxygens (including phenoxy) is 1. The van der Waals surface area contributed by atoms with Crippen LogP contribution >= 0.6 is 7.67 Å². The fourth-order valence-corrected chi connectivity index (χ4v) is 5.49. The molecule has 2 aromatic rings. The summed E-state index contributed by atoms with van der Waals surface area (Å²) in [7, 11) is -3.45. The van der Waals surface area contributed by atoms with Gasteiger partial charge in [0.1, 0.15) is 6.61 Å². The molecule has 0 aliphatic heterocycles. The molecule has 0 saturated carbocycles. The summed E-state index contributed by atoms with van der Waals surface area (Å²) >= 11 is 0. The van der Waals surface area contributed by atoms with Crippen LogP contribution in [0.1, 0.15) is 43.7 Å². The number of hydrogen-bond donors (Lipinski definition) is 4. The van der Waals surface area contributed by atoms with Gasteiger partial charge in [0.05, 0.1) is 6.61 Å². The Hall–Kier alpha value is -2.71. The molecule has 10 heteroatoms. The first-order valence-corrected chi connectivity index (χ1v) is 13.1. The number of aliphatic carboxylic acids is 1. The summed E-state index contributed by atoms with van der Waals surface area (Å²) in [6.45, 7) is 4.27. The number of amides is 1. The van der Waals surface area contributed by atoms with Crippen molar-refractivity contribution in [1.29, 1.82) is 0 Å². The molecule has 0 aromatic heterocycles. The van der Waals surface area contributed by atoms with Crippen molar-refractivity contribution in [3.05, 3.63) is 59.7 Å². The molecule has 0 spiro atoms. The van der Waals surface area contributed by atoms with Gasteiger partial charge in [-0.2, -0.15) is 0 Å². The average Bonchev–Trinajstić information content (AvgIpc) is 3.16. The van der Waals surface area contributed by atoms with Gasteiger partial charge in [-0.15, -0.1) is 0 Å². The Morgan fingerprint density at radius 2 is 1.50 bits per heavy atom. The first kappa shape index (κ1) is 25.9. The summed E-state index contributed by atoms with van der Waals surface area (Å²) in [5.74, 6) is -1.46. The molecular weight excluding hydrogens is 457 g/mol. The highest BCUT2D eigenvalue weighted by atomic mass is 31.2. The highest BCUT2D eigenvalue weighted by Gasteiger charge is 2.31. The largest absolute Gasteiger partial charge is 0.480 e. The molecule has 0 heterocycles. The number of carboxylic acid groups (broad SMARTS) is 1. The second-order valence-electron chi connectivity index (χ2n) is 8.02. The third-order valence-corrected chi connectivity index (χ3v) is 7.29. The van der Waals surface area contributed by atoms with Crippen LogP contribution in [0, 0.1) is 0 Å². The molecule has 1 atom stereocenters. The maximum atomic E-state index is 12.9. The van der Waals surface area contributed by atoms with E-state index in [0.29, 0.717) is 13.1 Å². The Morgan fingerprint density at radius 3 is 2.00 bits per heavy atom. The van der Waals surface area contributed by atoms with E-state index in [1.165, 1.54) is 0 Å². The van der Waals surface area contributed by atoms with Crippen molar-refractivity contribution < 1.29 is 28.5 Å². The predicted octanol–water partition coefficient (Wildman–Crippen LogP) is 4.10. The summed E-state index contributed by atoms with van der Waals surface area (Å²) in [6, 6.07) is 14.4. The van der Waals surface area contributed by atoms with Crippen LogP contribution in [0.15, 0.2) is 48.5 Å². The van der Waals surface area contributed by atoms with Gasteiger partial charge < -0.3 is 19.7 Å². The number of hydrogen-bond acceptors (Lipinski definition) is 5. The van der Waals surface area contributed by atoms with Crippen molar-refractivity contribution in [2.24, 2.45) is 0 Å². The van der Waals surface area contributed by atoms with Crippen LogP contribution in [0.5, 0.6) is 0 Å². The van der Waals surface area contributed by atoms with E-state index in [4.69, 9.17) is 9.26 Å². The van der Waals surface area contributed by atoms with Crippen LogP contribution in [0.25, 0.3) is 11.1 Å². The number of benzene rings is 2. The lowest BCUT2D eigenvalue weighted by molar-refractivity contribution is -0.140. The van der Waals surface area contributed by atoms with Crippen molar-refractivity contribution in [3.63, 3.8) is 0 Å². The van der Waals surface area contributed by atoms with Crippen molar-refractivity contribution in [2.75, 3.05) is 26.3 Å². The number of carbonyl (C=O) groups excluding carboxylic acids is 1. The standard InChI is InChI=1S/C24H32N3O6P/c1-3-13-25-34(31,26-14-4-2)33-16-22(23(28)29)27-24(30)32-15-21-19-11-7-5-9-17(19)18-10-6-8-12-20(18)21/h5-12,21-22H,3-4,13-16H2,1-2H3,(H,27,30)(H,28,29)(H2,25,26,31)/t22-/m0/s1. The van der Waals surface area contributed by atoms with Gasteiger partial charge >= 0.3 is 19.7 Å². The number of rotatable bonds is 13. The van der Waals surface area contributed by atoms with Crippen LogP contribution in [-0.2, 0) is 18.6 Å². The van der Waals surface area contributed by atoms with Crippen molar-refractivity contribution in [3.8, 4) is 11.1 Å². The fraction of sp³-hybridized carbons (Fsp3) is 0.417. The molecule has 184 valence electrons. The summed E-state index contributed by atoms with van der Waals surface area (Å²) in [6.07, 6.45) is 0.568. The minimum absolute atomic E-state index is 0.0572. The van der Waals surface area contributed by atoms with E-state index >= 15 is 0 Å². The molecule has 0 saturated heterocycles. The molecule has 0 fully saturated rings. The van der Waals surface area contributed by atoms with Gasteiger partial charge in [0.2, 0.25) is 0 Å². The Kier molecular flexibility index (Phi) is 9.24. The van der Waals surface area contributed by atoms with E-state index in [9.17, 15) is 19.3 Å². The maximum Gasteiger partial charge on any atom is 0.407 e. The second-order valence-corrected chi connectivity index (χ2v) is 10.0. The minimum Gasteiger partial charge on any atom is -0.480 e. The van der Waals surface area contributed by atoms with E-state index < -0.39 is 32.4 Å². The SMILES string of the molecule is CCCNP(=O)(NCCC)OC[C@H](NC(=O)OCC1c2ccccc2-c2ccccc21)C(=O)O. The van der Waals surface area contributed by atoms with Crippen LogP contribution < -0.4 is 15.5 Å². The zero-order valence-corrected chi connectivity index (χ0v) is 20.3. The highest BCUT2D eigenvalue weighted by Crippen LogP contribution is 2.44. The number of alkyl carbamates (subject to hydrolysis) is 1. The molecule has 9 nitrogen and oxygen atoms in total. The summed E-state index contributed by atoms with van der Waals surface area (Å²) in [5.41, 5.74) is 4.30. The van der Waals surface area contributed by atoms with Crippen LogP contribution in [-0.4, -0.2) is 49.5 Å². The smallest absolute Gasteiger partial charge is 0.407 e. The van der Waals surface area contributed by atoms with Crippen molar-refractivity contribution >= 4 is 19.7 Å². The van der Waals surface area contributed by atoms with Crippen molar-refractivity contribution in [2.45, 2.75) is 38.6 Å². The normalized spacial score (nSPS) is 13.7. The van der Waals surface area contributed by atoms with Gasteiger partial charge in [-0.25, -0.2) is 19.8 Å². The van der Waals surface area contributed by atoms with Crippen LogP contribution in [0.4, 0.5) is 4.79 Å². The lowest BCUT2D eigenvalue weighted by Gasteiger charge is -2.22. The predicted molar refractivity (Wildman–Crippen MR) is 130 cm³/mol. The van der Waals surface area contributed by atoms with Gasteiger partial charge in [-0.05, 0) is 35.1 Å². The van der Waals surface area contributed by atoms with Gasteiger partial charge in [-0.1, -0.05) is 62.4 Å². The second kappa shape index (κ2) is 12.1. The molecule has 34 heavy (non-hydrogen) atoms. The zero-order chi connectivity index (χ0) is 24.6. The van der Waals surface area contributed by atoms with E-state index in [2.05, 4.69) is 15.5 Å². The molecule has 0 radical (unpaired) electrons. The molecule has 0 unspecified atom stereocenters. The topological polar surface area (TPSA) is 126 Å². The van der Waals surface area contributed by atoms with E-state index in [1.807, 2.05) is 62.4 Å². The van der Waals surface area contributed by atoms with E-state index in [1.54, 1.807) is 0 Å². The van der Waals surface area contributed by atoms with Gasteiger partial charge in [-0.3, -0.25) is 4.57 Å². The average molecular weight is 490 g/mol. The van der Waals surface area contributed by atoms with Crippen LogP contribution in [0.3, 0.4) is 0 Å². The molecule has 1 amide bonds. The van der Waals surface area contributed by atoms with E-state index in [0.717, 1.165) is 35.1 Å². The molecule has 2 aromatic carbocycles. The number of carboxylic acids is 1. The van der Waals surface area contributed by atoms with Gasteiger partial charge in [0.15, 0.2) is 6.04 Å². The van der Waals surface area contributed by atoms with Crippen LogP contribution in [0.2, 0.25) is 0 Å². The first-order valence-electron chi connectivity index (χ1n) is 11.5. The molecule has 4 N–H and O–H groups in total. The lowest BCUT2D eigenvalue weighted by Crippen LogP contribution is -2.45. The quantitative estimate of drug-likeness (QED) is 0.310. The molecular formula is C24H32N3O6P. The van der Waals surface area contributed by atoms with E-state index in [-0.39, 0.29) is 12.5 Å². The third kappa shape index (κ3) is 6.45. The van der Waals surface area contributed by atoms with Crippen molar-refractivity contribution in [1.82, 2.24) is 15.5 Å². The first-order chi connectivity index (χ1) is 16.4. The maximum absolute atomic E-state index is 12.9. The molecule has 1 aliphatic carbocycles. The third-order valence-electron chi connectivity index (χ3n) is 5.50. The van der Waals surface area contributed by atoms with Gasteiger partial charge in [0, 0.05) is 19.0 Å². The number of fused-ring (bicyclic) bond motifs is 3. The number of nitrogens with one attached hydrogen (secondary N) is 3. The number of carbonyl (C=O) groups is 2. The molecule has 1 aliphatic rings. The Morgan fingerprint density at radius 1 is 0.971 bits per heavy atom. The Bertz CT molecular complexity index is 989. The Balaban J connectivity index is 1.60. The summed E-state index contributed by atoms with van der Waals surface area (Å²) < 4.78 is 23.7. The van der Waals surface area contributed by atoms with Gasteiger partial charge in [0.25, 0.3) is 0 Å². The lowest BCUT2D eigenvalue weighted by atomic mass is 9.98. The monoisotopic (exact) mass is 489 g/mol. The molecule has 3 rings (SSSR count). The zero-order valence-electron chi connectivity index (χ0n) is 19.5. The molecule has 0 bridgehead atoms. The summed E-state index contributed by atoms with van der Waals surface area (Å²) in [5, 5.41) is 17.4.